The predicted octanol–water partition coefficient (Wildman–Crippen LogP) is 0.927. The monoisotopic (exact) mass is 211 g/mol. The zero-order chi connectivity index (χ0) is 10.4. The van der Waals surface area contributed by atoms with Crippen LogP contribution >= 0.6 is 11.8 Å². The predicted molar refractivity (Wildman–Crippen MR) is 53.3 cm³/mol. The van der Waals surface area contributed by atoms with E-state index in [1.807, 2.05) is 24.3 Å². The van der Waals surface area contributed by atoms with Crippen molar-refractivity contribution in [3.05, 3.63) is 24.3 Å². The number of aliphatic carboxylic acids is 1. The second-order valence-corrected chi connectivity index (χ2v) is 3.81. The summed E-state index contributed by atoms with van der Waals surface area (Å²) in [5.41, 5.74) is 0. The maximum Gasteiger partial charge on any atom is 0.118 e. The van der Waals surface area contributed by atoms with Crippen molar-refractivity contribution in [2.45, 2.75) is 11.3 Å². The Bertz CT molecular complexity index is 295. The van der Waals surface area contributed by atoms with Crippen LogP contribution in [-0.2, 0) is 4.79 Å². The molecule has 0 aliphatic carbocycles. The molecule has 0 fully saturated rings. The highest BCUT2D eigenvalue weighted by molar-refractivity contribution is 7.99. The summed E-state index contributed by atoms with van der Waals surface area (Å²) in [5, 5.41) is 10.1. The minimum atomic E-state index is -1.01. The largest absolute Gasteiger partial charge is 0.550 e. The van der Waals surface area contributed by atoms with Crippen LogP contribution < -0.4 is 9.84 Å². The minimum absolute atomic E-state index is 0.0801. The zero-order valence-electron chi connectivity index (χ0n) is 7.86. The second-order valence-electron chi connectivity index (χ2n) is 2.65. The van der Waals surface area contributed by atoms with E-state index in [-0.39, 0.29) is 6.42 Å². The van der Waals surface area contributed by atoms with Crippen molar-refractivity contribution in [3.63, 3.8) is 0 Å². The number of carbonyl (C=O) groups is 1. The summed E-state index contributed by atoms with van der Waals surface area (Å²) in [4.78, 5) is 11.2. The first kappa shape index (κ1) is 10.9. The molecule has 1 aromatic carbocycles. The Kier molecular flexibility index (Phi) is 4.32. The molecule has 0 atom stereocenters. The third kappa shape index (κ3) is 3.70. The van der Waals surface area contributed by atoms with E-state index < -0.39 is 5.97 Å². The van der Waals surface area contributed by atoms with Gasteiger partial charge >= 0.3 is 0 Å². The molecule has 0 radical (unpaired) electrons. The van der Waals surface area contributed by atoms with Crippen molar-refractivity contribution in [2.75, 3.05) is 12.9 Å². The molecule has 0 heterocycles. The first-order valence-electron chi connectivity index (χ1n) is 4.19. The maximum absolute atomic E-state index is 10.1. The first-order chi connectivity index (χ1) is 6.72. The topological polar surface area (TPSA) is 49.4 Å². The van der Waals surface area contributed by atoms with Crippen LogP contribution in [0.1, 0.15) is 6.42 Å². The van der Waals surface area contributed by atoms with E-state index in [1.165, 1.54) is 11.8 Å². The number of thioether (sulfide) groups is 1. The van der Waals surface area contributed by atoms with Crippen LogP contribution in [0.4, 0.5) is 0 Å². The van der Waals surface area contributed by atoms with Gasteiger partial charge in [-0.05, 0) is 30.7 Å². The Morgan fingerprint density at radius 1 is 1.43 bits per heavy atom. The zero-order valence-corrected chi connectivity index (χ0v) is 8.67. The highest BCUT2D eigenvalue weighted by Crippen LogP contribution is 2.21. The minimum Gasteiger partial charge on any atom is -0.550 e. The lowest BCUT2D eigenvalue weighted by Gasteiger charge is -2.03. The highest BCUT2D eigenvalue weighted by Gasteiger charge is 1.95. The van der Waals surface area contributed by atoms with Gasteiger partial charge in [-0.3, -0.25) is 0 Å². The number of carboxylic acids is 1. The first-order valence-corrected chi connectivity index (χ1v) is 5.17. The molecule has 0 aromatic heterocycles. The quantitative estimate of drug-likeness (QED) is 0.680. The van der Waals surface area contributed by atoms with Gasteiger partial charge in [0.1, 0.15) is 5.75 Å². The average molecular weight is 211 g/mol. The van der Waals surface area contributed by atoms with Crippen LogP contribution in [0, 0.1) is 0 Å². The van der Waals surface area contributed by atoms with Crippen LogP contribution in [0.3, 0.4) is 0 Å². The van der Waals surface area contributed by atoms with E-state index in [9.17, 15) is 9.90 Å². The molecule has 0 aliphatic rings. The standard InChI is InChI=1S/C10H12O3S/c1-13-8-2-4-9(5-3-8)14-7-6-10(11)12/h2-5H,6-7H2,1H3,(H,11,12)/p-1. The summed E-state index contributed by atoms with van der Waals surface area (Å²) in [5.74, 6) is 0.328. The molecule has 0 saturated carbocycles. The Morgan fingerprint density at radius 3 is 2.57 bits per heavy atom. The summed E-state index contributed by atoms with van der Waals surface area (Å²) >= 11 is 1.49. The smallest absolute Gasteiger partial charge is 0.118 e. The fourth-order valence-corrected chi connectivity index (χ4v) is 1.76. The lowest BCUT2D eigenvalue weighted by atomic mass is 10.3. The molecular weight excluding hydrogens is 200 g/mol. The van der Waals surface area contributed by atoms with E-state index in [1.54, 1.807) is 7.11 Å². The molecule has 0 spiro atoms. The molecule has 0 saturated heterocycles. The Hall–Kier alpha value is -1.16. The summed E-state index contributed by atoms with van der Waals surface area (Å²) in [6.07, 6.45) is 0.0801. The third-order valence-corrected chi connectivity index (χ3v) is 2.65. The van der Waals surface area contributed by atoms with E-state index in [0.717, 1.165) is 10.6 Å². The number of carboxylic acid groups (broad SMARTS) is 1. The van der Waals surface area contributed by atoms with Crippen LogP contribution in [0.25, 0.3) is 0 Å². The molecular formula is C10H11O3S-. The fraction of sp³-hybridized carbons (Fsp3) is 0.300. The maximum atomic E-state index is 10.1. The van der Waals surface area contributed by atoms with Crippen molar-refractivity contribution in [1.29, 1.82) is 0 Å². The lowest BCUT2D eigenvalue weighted by molar-refractivity contribution is -0.305. The fourth-order valence-electron chi connectivity index (χ4n) is 0.924. The average Bonchev–Trinajstić information content (AvgIpc) is 2.18. The molecule has 76 valence electrons. The molecule has 0 aliphatic heterocycles. The van der Waals surface area contributed by atoms with Crippen molar-refractivity contribution in [2.24, 2.45) is 0 Å². The molecule has 0 N–H and O–H groups in total. The SMILES string of the molecule is COc1ccc(SCCC(=O)[O-])cc1. The number of methoxy groups -OCH3 is 1. The van der Waals surface area contributed by atoms with Gasteiger partial charge in [-0.1, -0.05) is 0 Å². The van der Waals surface area contributed by atoms with Gasteiger partial charge < -0.3 is 14.6 Å². The molecule has 1 rings (SSSR count). The lowest BCUT2D eigenvalue weighted by Crippen LogP contribution is -2.22. The van der Waals surface area contributed by atoms with Gasteiger partial charge in [0.05, 0.1) is 7.11 Å². The van der Waals surface area contributed by atoms with Crippen LogP contribution in [-0.4, -0.2) is 18.8 Å². The van der Waals surface area contributed by atoms with Gasteiger partial charge in [-0.25, -0.2) is 0 Å². The van der Waals surface area contributed by atoms with Crippen LogP contribution in [0.15, 0.2) is 29.2 Å². The van der Waals surface area contributed by atoms with Gasteiger partial charge in [-0.2, -0.15) is 0 Å². The van der Waals surface area contributed by atoms with E-state index >= 15 is 0 Å². The van der Waals surface area contributed by atoms with Crippen molar-refractivity contribution in [3.8, 4) is 5.75 Å². The number of hydrogen-bond donors (Lipinski definition) is 0. The highest BCUT2D eigenvalue weighted by atomic mass is 32.2. The van der Waals surface area contributed by atoms with E-state index in [4.69, 9.17) is 4.74 Å². The summed E-state index contributed by atoms with van der Waals surface area (Å²) in [6.45, 7) is 0. The Labute approximate surface area is 87.1 Å². The molecule has 3 nitrogen and oxygen atoms in total. The van der Waals surface area contributed by atoms with Gasteiger partial charge in [0.25, 0.3) is 0 Å². The number of benzene rings is 1. The van der Waals surface area contributed by atoms with Crippen molar-refractivity contribution >= 4 is 17.7 Å². The molecule has 0 bridgehead atoms. The van der Waals surface area contributed by atoms with Crippen molar-refractivity contribution in [1.82, 2.24) is 0 Å². The second kappa shape index (κ2) is 5.54. The Morgan fingerprint density at radius 2 is 2.07 bits per heavy atom. The third-order valence-electron chi connectivity index (χ3n) is 1.63. The van der Waals surface area contributed by atoms with Gasteiger partial charge in [0, 0.05) is 16.6 Å². The van der Waals surface area contributed by atoms with Gasteiger partial charge in [-0.15, -0.1) is 11.8 Å². The number of carbonyl (C=O) groups excluding carboxylic acids is 1. The molecule has 1 aromatic rings. The number of rotatable bonds is 5. The number of hydrogen-bond acceptors (Lipinski definition) is 4. The van der Waals surface area contributed by atoms with Crippen LogP contribution in [0.5, 0.6) is 5.75 Å². The van der Waals surface area contributed by atoms with Crippen molar-refractivity contribution < 1.29 is 14.6 Å². The van der Waals surface area contributed by atoms with E-state index in [0.29, 0.717) is 5.75 Å². The summed E-state index contributed by atoms with van der Waals surface area (Å²) in [7, 11) is 1.61. The molecule has 0 amide bonds. The number of ether oxygens (including phenoxy) is 1. The van der Waals surface area contributed by atoms with Crippen LogP contribution in [0.2, 0.25) is 0 Å². The van der Waals surface area contributed by atoms with E-state index in [2.05, 4.69) is 0 Å². The Balaban J connectivity index is 2.40. The molecule has 4 heteroatoms. The normalized spacial score (nSPS) is 9.79. The molecule has 0 unspecified atom stereocenters. The summed E-state index contributed by atoms with van der Waals surface area (Å²) < 4.78 is 5.00. The summed E-state index contributed by atoms with van der Waals surface area (Å²) in [6, 6.07) is 7.50. The van der Waals surface area contributed by atoms with Gasteiger partial charge in [0.2, 0.25) is 0 Å². The molecule has 14 heavy (non-hydrogen) atoms. The van der Waals surface area contributed by atoms with Gasteiger partial charge in [0.15, 0.2) is 0 Å².